The molecule has 3 aliphatic carbocycles. The number of nitrogens with zero attached hydrogens (tertiary/aromatic N) is 4. The first-order chi connectivity index (χ1) is 39.6. The van der Waals surface area contributed by atoms with Gasteiger partial charge in [0.25, 0.3) is 20.2 Å². The van der Waals surface area contributed by atoms with E-state index in [-0.39, 0.29) is 61.9 Å². The van der Waals surface area contributed by atoms with Gasteiger partial charge in [0.1, 0.15) is 44.0 Å². The number of carbonyl (C=O) groups excluding carboxylic acids is 5. The molecular formula is C60H38Cl2N6O13S2. The minimum atomic E-state index is -5.20. The largest absolute Gasteiger partial charge is 0.506 e. The third-order valence-electron chi connectivity index (χ3n) is 13.7. The van der Waals surface area contributed by atoms with Gasteiger partial charge < -0.3 is 20.8 Å². The molecule has 0 unspecified atom stereocenters. The van der Waals surface area contributed by atoms with Gasteiger partial charge in [0, 0.05) is 54.8 Å². The molecule has 8 aromatic rings. The highest BCUT2D eigenvalue weighted by Crippen LogP contribution is 2.46. The minimum absolute atomic E-state index is 0.0296. The molecule has 0 spiro atoms. The molecule has 0 radical (unpaired) electrons. The zero-order valence-electron chi connectivity index (χ0n) is 42.5. The Labute approximate surface area is 481 Å². The number of carbonyl (C=O) groups is 5. The predicted molar refractivity (Wildman–Crippen MR) is 308 cm³/mol. The van der Waals surface area contributed by atoms with Crippen molar-refractivity contribution in [3.8, 4) is 11.5 Å². The molecule has 8 aromatic carbocycles. The first-order valence-electron chi connectivity index (χ1n) is 24.9. The van der Waals surface area contributed by atoms with Crippen molar-refractivity contribution in [1.82, 2.24) is 0 Å². The summed E-state index contributed by atoms with van der Waals surface area (Å²) in [7, 11) is -10.4. The van der Waals surface area contributed by atoms with Gasteiger partial charge in [-0.15, -0.1) is 20.5 Å². The second-order valence-corrected chi connectivity index (χ2v) is 22.7. The summed E-state index contributed by atoms with van der Waals surface area (Å²) >= 11 is 12.1. The summed E-state index contributed by atoms with van der Waals surface area (Å²) in [6, 6.07) is 34.1. The Hall–Kier alpha value is -9.61. The van der Waals surface area contributed by atoms with Crippen molar-refractivity contribution < 1.29 is 60.1 Å². The molecule has 11 rings (SSSR count). The number of nitrogens with one attached hydrogen (secondary N) is 2. The average Bonchev–Trinajstić information content (AvgIpc) is 1.60. The van der Waals surface area contributed by atoms with Crippen LogP contribution >= 0.6 is 23.2 Å². The Kier molecular flexibility index (Phi) is 14.5. The van der Waals surface area contributed by atoms with Crippen LogP contribution in [0, 0.1) is 0 Å². The van der Waals surface area contributed by atoms with Crippen LogP contribution in [0.5, 0.6) is 11.5 Å². The number of benzene rings is 8. The number of hydrogen-bond acceptors (Lipinski definition) is 17. The lowest BCUT2D eigenvalue weighted by molar-refractivity contribution is -0.112. The van der Waals surface area contributed by atoms with Crippen molar-refractivity contribution in [2.24, 2.45) is 20.5 Å². The van der Waals surface area contributed by atoms with Gasteiger partial charge in [-0.05, 0) is 127 Å². The number of anilines is 4. The van der Waals surface area contributed by atoms with Crippen LogP contribution < -0.4 is 10.6 Å². The number of Topliss-reactive ketones (excluding diaryl/α,β-unsaturated/α-hetero) is 1. The maximum atomic E-state index is 14.3. The number of halogens is 2. The summed E-state index contributed by atoms with van der Waals surface area (Å²) in [5.74, 6) is -4.22. The predicted octanol–water partition coefficient (Wildman–Crippen LogP) is 14.0. The average molecular weight is 1190 g/mol. The van der Waals surface area contributed by atoms with Gasteiger partial charge in [-0.2, -0.15) is 16.8 Å². The Bertz CT molecular complexity index is 4280. The second kappa shape index (κ2) is 21.7. The summed E-state index contributed by atoms with van der Waals surface area (Å²) in [4.78, 5) is 69.4. The molecule has 0 heterocycles. The lowest BCUT2D eigenvalue weighted by atomic mass is 9.82. The van der Waals surface area contributed by atoms with Crippen LogP contribution in [-0.4, -0.2) is 65.1 Å². The maximum Gasteiger partial charge on any atom is 0.296 e. The zero-order valence-corrected chi connectivity index (χ0v) is 45.6. The highest BCUT2D eigenvalue weighted by Gasteiger charge is 2.40. The van der Waals surface area contributed by atoms with Gasteiger partial charge >= 0.3 is 0 Å². The number of ketones is 5. The lowest BCUT2D eigenvalue weighted by Crippen LogP contribution is -2.23. The van der Waals surface area contributed by atoms with E-state index < -0.39 is 87.2 Å². The molecule has 23 heteroatoms. The normalized spacial score (nSPS) is 15.2. The van der Waals surface area contributed by atoms with Crippen LogP contribution in [0.4, 0.5) is 45.5 Å². The zero-order chi connectivity index (χ0) is 58.6. The molecular weight excluding hydrogens is 1150 g/mol. The number of phenolic OH excluding ortho intramolecular Hbond substituents is 2. The van der Waals surface area contributed by atoms with Crippen LogP contribution in [0.3, 0.4) is 0 Å². The first-order valence-corrected chi connectivity index (χ1v) is 28.5. The molecule has 0 saturated heterocycles. The number of allylic oxidation sites excluding steroid dienone is 2. The van der Waals surface area contributed by atoms with Crippen molar-refractivity contribution in [3.05, 3.63) is 222 Å². The van der Waals surface area contributed by atoms with E-state index in [2.05, 4.69) is 31.1 Å². The molecule has 0 amide bonds. The van der Waals surface area contributed by atoms with E-state index in [0.29, 0.717) is 63.0 Å². The fourth-order valence-electron chi connectivity index (χ4n) is 9.88. The SMILES string of the molecule is O=C1/C(=C/c2ccc(O)c(N=Nc3c(S(=O)(=O)O)cc(Nc4ccc(Cl)cc4)c4c3C(=O)c3ccccc3C4=O)c2)CCC/C1=C\c1ccc(O)c(N=Nc2c(S(=O)(=O)O)cc(Nc3ccc(Cl)cc3)c3c2C(=O)c2ccccc2C3=O)c1. The standard InChI is InChI=1S/C60H38Cl2N6O13S2/c61-34-14-18-36(19-15-34)63-44-28-48(82(76,77)78)54(52-50(44)57(72)38-8-1-3-10-40(38)59(52)74)67-65-42-26-30(12-22-46(42)69)24-32-6-5-7-33(56(32)71)25-31-13-23-47(70)43(27-31)66-68-55-49(83(79,80)81)29-45(64-37-20-16-35(62)17-21-37)51-53(55)60(75)41-11-4-2-9-39(41)58(51)73/h1-4,8-29,63-64,69-70H,5-7H2,(H,76,77,78)(H,79,80,81)/b32-24+,33-25+,67-65?,68-66?. The number of phenols is 2. The van der Waals surface area contributed by atoms with E-state index in [0.717, 1.165) is 12.1 Å². The Morgan fingerprint density at radius 3 is 1.13 bits per heavy atom. The third-order valence-corrected chi connectivity index (χ3v) is 16.0. The van der Waals surface area contributed by atoms with Crippen LogP contribution in [0.1, 0.15) is 94.1 Å². The Morgan fingerprint density at radius 2 is 0.783 bits per heavy atom. The number of azo groups is 2. The quantitative estimate of drug-likeness (QED) is 0.0376. The first kappa shape index (κ1) is 55.3. The van der Waals surface area contributed by atoms with E-state index in [9.17, 15) is 60.1 Å². The molecule has 0 bridgehead atoms. The van der Waals surface area contributed by atoms with Crippen LogP contribution in [0.25, 0.3) is 12.2 Å². The van der Waals surface area contributed by atoms with Crippen molar-refractivity contribution in [1.29, 1.82) is 0 Å². The van der Waals surface area contributed by atoms with Crippen LogP contribution in [-0.2, 0) is 25.0 Å². The highest BCUT2D eigenvalue weighted by atomic mass is 35.5. The minimum Gasteiger partial charge on any atom is -0.506 e. The molecule has 3 aliphatic rings. The van der Waals surface area contributed by atoms with Gasteiger partial charge in [0.15, 0.2) is 28.9 Å². The van der Waals surface area contributed by atoms with Gasteiger partial charge in [0.2, 0.25) is 0 Å². The van der Waals surface area contributed by atoms with Crippen molar-refractivity contribution in [2.75, 3.05) is 10.6 Å². The van der Waals surface area contributed by atoms with Gasteiger partial charge in [-0.3, -0.25) is 33.1 Å². The van der Waals surface area contributed by atoms with Crippen molar-refractivity contribution in [3.63, 3.8) is 0 Å². The van der Waals surface area contributed by atoms with E-state index in [1.54, 1.807) is 48.6 Å². The number of rotatable bonds is 12. The van der Waals surface area contributed by atoms with Crippen LogP contribution in [0.2, 0.25) is 10.0 Å². The summed E-state index contributed by atoms with van der Waals surface area (Å²) in [6.45, 7) is 0. The molecule has 1 fully saturated rings. The van der Waals surface area contributed by atoms with E-state index in [1.807, 2.05) is 0 Å². The van der Waals surface area contributed by atoms with Crippen molar-refractivity contribution in [2.45, 2.75) is 29.1 Å². The molecule has 83 heavy (non-hydrogen) atoms. The Morgan fingerprint density at radius 1 is 0.434 bits per heavy atom. The molecule has 412 valence electrons. The van der Waals surface area contributed by atoms with Crippen molar-refractivity contribution >= 4 is 130 Å². The molecule has 1 saturated carbocycles. The lowest BCUT2D eigenvalue weighted by Gasteiger charge is -2.23. The number of aromatic hydroxyl groups is 2. The summed E-state index contributed by atoms with van der Waals surface area (Å²) in [6.07, 6.45) is 4.19. The fourth-order valence-corrected chi connectivity index (χ4v) is 11.4. The third kappa shape index (κ3) is 10.8. The van der Waals surface area contributed by atoms with Crippen LogP contribution in [0.15, 0.2) is 187 Å². The molecule has 0 aromatic heterocycles. The number of hydrogen-bond donors (Lipinski definition) is 6. The second-order valence-electron chi connectivity index (χ2n) is 19.1. The van der Waals surface area contributed by atoms with Gasteiger partial charge in [0.05, 0.1) is 33.6 Å². The summed E-state index contributed by atoms with van der Waals surface area (Å²) in [5.41, 5.74) is -1.75. The highest BCUT2D eigenvalue weighted by molar-refractivity contribution is 7.86. The smallest absolute Gasteiger partial charge is 0.296 e. The van der Waals surface area contributed by atoms with E-state index in [4.69, 9.17) is 23.2 Å². The maximum absolute atomic E-state index is 14.3. The molecule has 0 aliphatic heterocycles. The number of fused-ring (bicyclic) bond motifs is 4. The summed E-state index contributed by atoms with van der Waals surface area (Å²) in [5, 5.41) is 45.2. The molecule has 6 N–H and O–H groups in total. The Balaban J connectivity index is 0.917. The monoisotopic (exact) mass is 1180 g/mol. The van der Waals surface area contributed by atoms with E-state index in [1.165, 1.54) is 97.1 Å². The van der Waals surface area contributed by atoms with E-state index >= 15 is 0 Å². The van der Waals surface area contributed by atoms with Gasteiger partial charge in [-0.1, -0.05) is 83.9 Å². The fraction of sp³-hybridized carbons (Fsp3) is 0.0500. The molecule has 19 nitrogen and oxygen atoms in total. The van der Waals surface area contributed by atoms with Gasteiger partial charge in [-0.25, -0.2) is 0 Å². The topological polar surface area (TPSA) is 308 Å². The molecule has 0 atom stereocenters. The summed E-state index contributed by atoms with van der Waals surface area (Å²) < 4.78 is 73.6.